The van der Waals surface area contributed by atoms with Crippen LogP contribution in [0.15, 0.2) is 45.9 Å². The number of aromatic nitrogens is 2. The molecule has 3 aromatic rings. The van der Waals surface area contributed by atoms with Crippen LogP contribution in [0.3, 0.4) is 0 Å². The number of benzene rings is 2. The first-order valence-electron chi connectivity index (χ1n) is 7.52. The van der Waals surface area contributed by atoms with Crippen LogP contribution in [-0.2, 0) is 16.4 Å². The second-order valence-corrected chi connectivity index (χ2v) is 7.63. The molecule has 0 saturated carbocycles. The number of anilines is 1. The summed E-state index contributed by atoms with van der Waals surface area (Å²) in [6.07, 6.45) is 1.25. The summed E-state index contributed by atoms with van der Waals surface area (Å²) < 4.78 is 46.1. The summed E-state index contributed by atoms with van der Waals surface area (Å²) in [5, 5.41) is 7.42. The van der Waals surface area contributed by atoms with Crippen LogP contribution in [-0.4, -0.2) is 24.8 Å². The van der Waals surface area contributed by atoms with E-state index >= 15 is 0 Å². The fourth-order valence-corrected chi connectivity index (χ4v) is 5.02. The maximum atomic E-state index is 13.5. The smallest absolute Gasteiger partial charge is 0.263 e. The molecule has 2 aromatic carbocycles. The molecule has 0 amide bonds. The molecular formula is C16H14FN3O3S. The summed E-state index contributed by atoms with van der Waals surface area (Å²) in [6.45, 7) is 1.84. The van der Waals surface area contributed by atoms with Gasteiger partial charge < -0.3 is 0 Å². The molecule has 0 bridgehead atoms. The Balaban J connectivity index is 1.93. The van der Waals surface area contributed by atoms with Gasteiger partial charge in [0.25, 0.3) is 10.0 Å². The molecule has 4 rings (SSSR count). The van der Waals surface area contributed by atoms with E-state index in [1.54, 1.807) is 12.1 Å². The second kappa shape index (κ2) is 5.27. The molecule has 0 spiro atoms. The zero-order valence-electron chi connectivity index (χ0n) is 12.8. The molecule has 0 aliphatic carbocycles. The van der Waals surface area contributed by atoms with Crippen molar-refractivity contribution in [2.24, 2.45) is 0 Å². The Morgan fingerprint density at radius 1 is 1.25 bits per heavy atom. The van der Waals surface area contributed by atoms with Gasteiger partial charge in [0.15, 0.2) is 5.52 Å². The minimum absolute atomic E-state index is 0.0327. The molecule has 1 aromatic heterocycles. The van der Waals surface area contributed by atoms with Crippen molar-refractivity contribution < 1.29 is 17.4 Å². The van der Waals surface area contributed by atoms with Crippen molar-refractivity contribution in [3.05, 3.63) is 47.8 Å². The predicted molar refractivity (Wildman–Crippen MR) is 85.7 cm³/mol. The van der Waals surface area contributed by atoms with Crippen LogP contribution in [0.4, 0.5) is 10.1 Å². The molecule has 0 N–H and O–H groups in total. The highest BCUT2D eigenvalue weighted by Gasteiger charge is 2.35. The van der Waals surface area contributed by atoms with E-state index in [0.29, 0.717) is 29.6 Å². The molecule has 1 aliphatic rings. The maximum Gasteiger partial charge on any atom is 0.266 e. The first kappa shape index (κ1) is 15.1. The van der Waals surface area contributed by atoms with Crippen molar-refractivity contribution in [2.45, 2.75) is 30.7 Å². The Bertz CT molecular complexity index is 1030. The highest BCUT2D eigenvalue weighted by atomic mass is 32.2. The van der Waals surface area contributed by atoms with E-state index in [2.05, 4.69) is 14.9 Å². The van der Waals surface area contributed by atoms with Crippen LogP contribution in [0.5, 0.6) is 0 Å². The fourth-order valence-electron chi connectivity index (χ4n) is 3.15. The number of rotatable bonds is 2. The Morgan fingerprint density at radius 3 is 2.92 bits per heavy atom. The number of hydrogen-bond donors (Lipinski definition) is 0. The SMILES string of the molecule is C[C@H]1CCc2cc(F)ccc2N1S(=O)(=O)c1cccc2nonc12. The first-order chi connectivity index (χ1) is 11.5. The second-order valence-electron chi connectivity index (χ2n) is 5.85. The summed E-state index contributed by atoms with van der Waals surface area (Å²) in [6, 6.07) is 8.64. The number of hydrogen-bond acceptors (Lipinski definition) is 5. The van der Waals surface area contributed by atoms with Crippen molar-refractivity contribution in [1.82, 2.24) is 10.3 Å². The van der Waals surface area contributed by atoms with Crippen molar-refractivity contribution in [3.63, 3.8) is 0 Å². The zero-order chi connectivity index (χ0) is 16.9. The van der Waals surface area contributed by atoms with Crippen molar-refractivity contribution in [2.75, 3.05) is 4.31 Å². The first-order valence-corrected chi connectivity index (χ1v) is 8.96. The lowest BCUT2D eigenvalue weighted by atomic mass is 9.99. The molecule has 1 aliphatic heterocycles. The Morgan fingerprint density at radius 2 is 2.08 bits per heavy atom. The number of nitrogens with zero attached hydrogens (tertiary/aromatic N) is 3. The number of halogens is 1. The van der Waals surface area contributed by atoms with Gasteiger partial charge in [-0.15, -0.1) is 0 Å². The van der Waals surface area contributed by atoms with E-state index in [4.69, 9.17) is 0 Å². The normalized spacial score (nSPS) is 17.9. The highest BCUT2D eigenvalue weighted by molar-refractivity contribution is 7.93. The van der Waals surface area contributed by atoms with Crippen LogP contribution in [0.1, 0.15) is 18.9 Å². The van der Waals surface area contributed by atoms with Gasteiger partial charge in [0.05, 0.1) is 5.69 Å². The summed E-state index contributed by atoms with van der Waals surface area (Å²) in [7, 11) is -3.89. The number of fused-ring (bicyclic) bond motifs is 2. The molecule has 6 nitrogen and oxygen atoms in total. The van der Waals surface area contributed by atoms with E-state index in [0.717, 1.165) is 0 Å². The quantitative estimate of drug-likeness (QED) is 0.712. The Hall–Kier alpha value is -2.48. The third kappa shape index (κ3) is 2.17. The van der Waals surface area contributed by atoms with Crippen molar-refractivity contribution >= 4 is 26.7 Å². The van der Waals surface area contributed by atoms with Gasteiger partial charge in [0.2, 0.25) is 0 Å². The van der Waals surface area contributed by atoms with Crippen LogP contribution in [0.25, 0.3) is 11.0 Å². The van der Waals surface area contributed by atoms with Crippen molar-refractivity contribution in [3.8, 4) is 0 Å². The Kier molecular flexibility index (Phi) is 3.31. The van der Waals surface area contributed by atoms with Crippen LogP contribution in [0.2, 0.25) is 0 Å². The maximum absolute atomic E-state index is 13.5. The van der Waals surface area contributed by atoms with Gasteiger partial charge in [-0.05, 0) is 66.0 Å². The molecule has 1 atom stereocenters. The number of sulfonamides is 1. The molecule has 0 saturated heterocycles. The summed E-state index contributed by atoms with van der Waals surface area (Å²) in [4.78, 5) is 0.0327. The monoisotopic (exact) mass is 347 g/mol. The summed E-state index contributed by atoms with van der Waals surface area (Å²) in [5.41, 5.74) is 1.75. The van der Waals surface area contributed by atoms with E-state index in [9.17, 15) is 12.8 Å². The molecular weight excluding hydrogens is 333 g/mol. The lowest BCUT2D eigenvalue weighted by molar-refractivity contribution is 0.315. The lowest BCUT2D eigenvalue weighted by Crippen LogP contribution is -2.42. The topological polar surface area (TPSA) is 76.3 Å². The van der Waals surface area contributed by atoms with Gasteiger partial charge in [-0.1, -0.05) is 6.07 Å². The van der Waals surface area contributed by atoms with Gasteiger partial charge in [-0.25, -0.2) is 17.4 Å². The van der Waals surface area contributed by atoms with Gasteiger partial charge in [-0.2, -0.15) is 0 Å². The minimum Gasteiger partial charge on any atom is -0.263 e. The van der Waals surface area contributed by atoms with E-state index in [1.165, 1.54) is 28.6 Å². The van der Waals surface area contributed by atoms with E-state index in [1.807, 2.05) is 6.92 Å². The zero-order valence-corrected chi connectivity index (χ0v) is 13.6. The van der Waals surface area contributed by atoms with Crippen LogP contribution < -0.4 is 4.31 Å². The summed E-state index contributed by atoms with van der Waals surface area (Å²) >= 11 is 0. The largest absolute Gasteiger partial charge is 0.266 e. The third-order valence-electron chi connectivity index (χ3n) is 4.30. The fraction of sp³-hybridized carbons (Fsp3) is 0.250. The van der Waals surface area contributed by atoms with E-state index in [-0.39, 0.29) is 22.3 Å². The highest BCUT2D eigenvalue weighted by Crippen LogP contribution is 2.36. The molecule has 8 heteroatoms. The van der Waals surface area contributed by atoms with Gasteiger partial charge in [0.1, 0.15) is 16.2 Å². The number of aryl methyl sites for hydroxylation is 1. The molecule has 24 heavy (non-hydrogen) atoms. The average molecular weight is 347 g/mol. The lowest BCUT2D eigenvalue weighted by Gasteiger charge is -2.35. The van der Waals surface area contributed by atoms with Gasteiger partial charge in [0, 0.05) is 6.04 Å². The predicted octanol–water partition coefficient (Wildman–Crippen LogP) is 2.89. The van der Waals surface area contributed by atoms with E-state index < -0.39 is 10.0 Å². The van der Waals surface area contributed by atoms with Gasteiger partial charge in [-0.3, -0.25) is 4.31 Å². The average Bonchev–Trinajstić information content (AvgIpc) is 3.03. The molecule has 0 fully saturated rings. The molecule has 0 radical (unpaired) electrons. The Labute approximate surface area is 137 Å². The molecule has 0 unspecified atom stereocenters. The summed E-state index contributed by atoms with van der Waals surface area (Å²) in [5.74, 6) is -0.372. The molecule has 124 valence electrons. The van der Waals surface area contributed by atoms with Crippen LogP contribution >= 0.6 is 0 Å². The molecule has 2 heterocycles. The van der Waals surface area contributed by atoms with Gasteiger partial charge >= 0.3 is 0 Å². The third-order valence-corrected chi connectivity index (χ3v) is 6.26. The van der Waals surface area contributed by atoms with Crippen molar-refractivity contribution in [1.29, 1.82) is 0 Å². The standard InChI is InChI=1S/C16H14FN3O3S/c1-10-5-6-11-9-12(17)7-8-14(11)20(10)24(21,22)15-4-2-3-13-16(15)19-23-18-13/h2-4,7-10H,5-6H2,1H3/t10-/m0/s1. The minimum atomic E-state index is -3.89. The van der Waals surface area contributed by atoms with Crippen LogP contribution in [0, 0.1) is 5.82 Å².